The van der Waals surface area contributed by atoms with Gasteiger partial charge in [-0.1, -0.05) is 54.6 Å². The molecule has 0 spiro atoms. The topological polar surface area (TPSA) is 54.4 Å². The Balaban J connectivity index is 1.93. The van der Waals surface area contributed by atoms with Gasteiger partial charge < -0.3 is 0 Å². The predicted molar refractivity (Wildman–Crippen MR) is 85.0 cm³/mol. The third-order valence-electron chi connectivity index (χ3n) is 3.11. The minimum absolute atomic E-state index is 0.0374. The molecule has 1 N–H and O–H groups in total. The molecule has 106 valence electrons. The molecule has 3 nitrogen and oxygen atoms in total. The maximum atomic E-state index is 11.1. The van der Waals surface area contributed by atoms with Gasteiger partial charge in [0, 0.05) is 4.88 Å². The molecule has 0 unspecified atom stereocenters. The Hall–Kier alpha value is -1.95. The van der Waals surface area contributed by atoms with E-state index in [9.17, 15) is 8.42 Å². The molecule has 3 aromatic rings. The van der Waals surface area contributed by atoms with Crippen molar-refractivity contribution in [2.45, 2.75) is 4.21 Å². The Kier molecular flexibility index (Phi) is 3.63. The average Bonchev–Trinajstić information content (AvgIpc) is 2.98. The van der Waals surface area contributed by atoms with Crippen molar-refractivity contribution < 1.29 is 13.0 Å². The van der Waals surface area contributed by atoms with E-state index in [4.69, 9.17) is 4.55 Å². The van der Waals surface area contributed by atoms with Crippen molar-refractivity contribution in [2.24, 2.45) is 0 Å². The molecule has 0 amide bonds. The SMILES string of the molecule is O=S(=O)(O)c1ccc(-c2ccc(-c3ccccc3)cc2)s1. The maximum Gasteiger partial charge on any atom is 0.304 e. The Bertz CT molecular complexity index is 848. The fourth-order valence-electron chi connectivity index (χ4n) is 2.07. The van der Waals surface area contributed by atoms with Gasteiger partial charge in [-0.25, -0.2) is 0 Å². The summed E-state index contributed by atoms with van der Waals surface area (Å²) in [7, 11) is -4.12. The first-order valence-electron chi connectivity index (χ1n) is 6.27. The molecule has 0 atom stereocenters. The zero-order chi connectivity index (χ0) is 14.9. The molecule has 3 rings (SSSR count). The van der Waals surface area contributed by atoms with Crippen LogP contribution >= 0.6 is 11.3 Å². The summed E-state index contributed by atoms with van der Waals surface area (Å²) in [4.78, 5) is 0.808. The quantitative estimate of drug-likeness (QED) is 0.732. The Labute approximate surface area is 127 Å². The number of thiophene rings is 1. The molecular weight excluding hydrogens is 304 g/mol. The predicted octanol–water partition coefficient (Wildman–Crippen LogP) is 4.33. The zero-order valence-corrected chi connectivity index (χ0v) is 12.6. The third kappa shape index (κ3) is 3.05. The molecule has 0 aliphatic heterocycles. The van der Waals surface area contributed by atoms with E-state index in [0.29, 0.717) is 0 Å². The smallest absolute Gasteiger partial charge is 0.281 e. The van der Waals surface area contributed by atoms with Crippen LogP contribution in [-0.2, 0) is 10.1 Å². The van der Waals surface area contributed by atoms with E-state index < -0.39 is 10.1 Å². The lowest BCUT2D eigenvalue weighted by atomic mass is 10.0. The molecule has 0 saturated heterocycles. The van der Waals surface area contributed by atoms with Crippen molar-refractivity contribution in [1.29, 1.82) is 0 Å². The fraction of sp³-hybridized carbons (Fsp3) is 0. The lowest BCUT2D eigenvalue weighted by Gasteiger charge is -2.03. The van der Waals surface area contributed by atoms with Crippen molar-refractivity contribution in [3.8, 4) is 21.6 Å². The van der Waals surface area contributed by atoms with Gasteiger partial charge in [0.1, 0.15) is 4.21 Å². The summed E-state index contributed by atoms with van der Waals surface area (Å²) in [6, 6.07) is 21.0. The van der Waals surface area contributed by atoms with Gasteiger partial charge in [0.15, 0.2) is 0 Å². The standard InChI is InChI=1S/C16H12O3S2/c17-21(18,19)16-11-10-15(20-16)14-8-6-13(7-9-14)12-4-2-1-3-5-12/h1-11H,(H,17,18,19). The van der Waals surface area contributed by atoms with E-state index in [2.05, 4.69) is 0 Å². The van der Waals surface area contributed by atoms with E-state index >= 15 is 0 Å². The van der Waals surface area contributed by atoms with E-state index in [1.54, 1.807) is 6.07 Å². The Morgan fingerprint density at radius 2 is 1.29 bits per heavy atom. The van der Waals surface area contributed by atoms with Gasteiger partial charge in [0.2, 0.25) is 0 Å². The summed E-state index contributed by atoms with van der Waals surface area (Å²) in [5.74, 6) is 0. The van der Waals surface area contributed by atoms with Gasteiger partial charge in [0.25, 0.3) is 0 Å². The van der Waals surface area contributed by atoms with Crippen molar-refractivity contribution in [3.05, 3.63) is 66.7 Å². The number of hydrogen-bond donors (Lipinski definition) is 1. The fourth-order valence-corrected chi connectivity index (χ4v) is 3.74. The van der Waals surface area contributed by atoms with Crippen molar-refractivity contribution >= 4 is 21.5 Å². The van der Waals surface area contributed by atoms with Gasteiger partial charge >= 0.3 is 10.1 Å². The first-order valence-corrected chi connectivity index (χ1v) is 8.53. The first kappa shape index (κ1) is 14.0. The maximum absolute atomic E-state index is 11.1. The van der Waals surface area contributed by atoms with Crippen LogP contribution in [-0.4, -0.2) is 13.0 Å². The van der Waals surface area contributed by atoms with Crippen LogP contribution in [0.15, 0.2) is 70.9 Å². The molecule has 1 heterocycles. The third-order valence-corrected chi connectivity index (χ3v) is 5.57. The second-order valence-corrected chi connectivity index (χ2v) is 7.27. The van der Waals surface area contributed by atoms with Crippen LogP contribution in [0.1, 0.15) is 0 Å². The summed E-state index contributed by atoms with van der Waals surface area (Å²) >= 11 is 1.06. The highest BCUT2D eigenvalue weighted by Crippen LogP contribution is 2.32. The number of hydrogen-bond acceptors (Lipinski definition) is 3. The van der Waals surface area contributed by atoms with Crippen LogP contribution in [0.2, 0.25) is 0 Å². The molecule has 0 aliphatic rings. The van der Waals surface area contributed by atoms with Crippen LogP contribution < -0.4 is 0 Å². The van der Waals surface area contributed by atoms with Gasteiger partial charge in [-0.3, -0.25) is 4.55 Å². The largest absolute Gasteiger partial charge is 0.304 e. The molecule has 0 fully saturated rings. The summed E-state index contributed by atoms with van der Waals surface area (Å²) in [6.07, 6.45) is 0. The summed E-state index contributed by atoms with van der Waals surface area (Å²) in [6.45, 7) is 0. The van der Waals surface area contributed by atoms with Crippen LogP contribution in [0, 0.1) is 0 Å². The van der Waals surface area contributed by atoms with Crippen LogP contribution in [0.5, 0.6) is 0 Å². The first-order chi connectivity index (χ1) is 10.0. The molecule has 1 aromatic heterocycles. The van der Waals surface area contributed by atoms with Crippen LogP contribution in [0.25, 0.3) is 21.6 Å². The highest BCUT2D eigenvalue weighted by atomic mass is 32.3. The molecule has 5 heteroatoms. The molecule has 0 aliphatic carbocycles. The average molecular weight is 316 g/mol. The summed E-state index contributed by atoms with van der Waals surface area (Å²) in [5, 5.41) is 0. The summed E-state index contributed by atoms with van der Waals surface area (Å²) < 4.78 is 31.2. The zero-order valence-electron chi connectivity index (χ0n) is 10.9. The van der Waals surface area contributed by atoms with E-state index in [1.165, 1.54) is 6.07 Å². The van der Waals surface area contributed by atoms with Crippen LogP contribution in [0.3, 0.4) is 0 Å². The van der Waals surface area contributed by atoms with E-state index in [0.717, 1.165) is 32.9 Å². The lowest BCUT2D eigenvalue weighted by molar-refractivity contribution is 0.485. The van der Waals surface area contributed by atoms with Gasteiger partial charge in [-0.2, -0.15) is 8.42 Å². The van der Waals surface area contributed by atoms with Crippen molar-refractivity contribution in [3.63, 3.8) is 0 Å². The molecular formula is C16H12O3S2. The lowest BCUT2D eigenvalue weighted by Crippen LogP contribution is -1.92. The highest BCUT2D eigenvalue weighted by Gasteiger charge is 2.13. The van der Waals surface area contributed by atoms with Crippen molar-refractivity contribution in [2.75, 3.05) is 0 Å². The monoisotopic (exact) mass is 316 g/mol. The van der Waals surface area contributed by atoms with Gasteiger partial charge in [-0.15, -0.1) is 11.3 Å². The molecule has 0 radical (unpaired) electrons. The Morgan fingerprint density at radius 3 is 1.86 bits per heavy atom. The number of benzene rings is 2. The molecule has 21 heavy (non-hydrogen) atoms. The van der Waals surface area contributed by atoms with Gasteiger partial charge in [0.05, 0.1) is 0 Å². The van der Waals surface area contributed by atoms with E-state index in [1.807, 2.05) is 54.6 Å². The minimum Gasteiger partial charge on any atom is -0.281 e. The molecule has 0 bridgehead atoms. The second kappa shape index (κ2) is 5.44. The van der Waals surface area contributed by atoms with Crippen molar-refractivity contribution in [1.82, 2.24) is 0 Å². The molecule has 2 aromatic carbocycles. The number of rotatable bonds is 3. The highest BCUT2D eigenvalue weighted by molar-refractivity contribution is 7.88. The van der Waals surface area contributed by atoms with Crippen LogP contribution in [0.4, 0.5) is 0 Å². The molecule has 0 saturated carbocycles. The normalized spacial score (nSPS) is 11.5. The van der Waals surface area contributed by atoms with E-state index in [-0.39, 0.29) is 4.21 Å². The second-order valence-electron chi connectivity index (χ2n) is 4.54. The van der Waals surface area contributed by atoms with Gasteiger partial charge in [-0.05, 0) is 28.8 Å². The summed E-state index contributed by atoms with van der Waals surface area (Å²) in [5.41, 5.74) is 3.16. The Morgan fingerprint density at radius 1 is 0.714 bits per heavy atom. The minimum atomic E-state index is -4.12.